The SMILES string of the molecule is N#Cc1ccc(N2CCN(CCC(=O)Nc3cccc(S(=O)(=O)N4CCCC4)c3)CC2)c(F)c1. The van der Waals surface area contributed by atoms with Gasteiger partial charge in [0.05, 0.1) is 22.2 Å². The lowest BCUT2D eigenvalue weighted by molar-refractivity contribution is -0.116. The zero-order valence-corrected chi connectivity index (χ0v) is 19.7. The van der Waals surface area contributed by atoms with E-state index in [0.29, 0.717) is 62.8 Å². The topological polar surface area (TPSA) is 96.7 Å². The van der Waals surface area contributed by atoms with E-state index in [-0.39, 0.29) is 17.2 Å². The fourth-order valence-electron chi connectivity index (χ4n) is 4.34. The second kappa shape index (κ2) is 10.5. The van der Waals surface area contributed by atoms with Crippen molar-refractivity contribution in [2.75, 3.05) is 56.0 Å². The number of hydrogen-bond acceptors (Lipinski definition) is 6. The van der Waals surface area contributed by atoms with E-state index in [9.17, 15) is 17.6 Å². The maximum atomic E-state index is 14.3. The second-order valence-corrected chi connectivity index (χ2v) is 10.5. The molecule has 0 bridgehead atoms. The number of carbonyl (C=O) groups excluding carboxylic acids is 1. The van der Waals surface area contributed by atoms with Gasteiger partial charge in [-0.25, -0.2) is 12.8 Å². The summed E-state index contributed by atoms with van der Waals surface area (Å²) in [6.45, 7) is 4.25. The molecule has 2 aliphatic rings. The van der Waals surface area contributed by atoms with Crippen molar-refractivity contribution in [3.8, 4) is 6.07 Å². The Labute approximate surface area is 199 Å². The summed E-state index contributed by atoms with van der Waals surface area (Å²) in [6.07, 6.45) is 2.01. The molecule has 2 fully saturated rings. The third kappa shape index (κ3) is 5.55. The Hall–Kier alpha value is -3.00. The van der Waals surface area contributed by atoms with Crippen LogP contribution in [0.1, 0.15) is 24.8 Å². The number of piperazine rings is 1. The minimum absolute atomic E-state index is 0.184. The van der Waals surface area contributed by atoms with Gasteiger partial charge in [-0.15, -0.1) is 0 Å². The number of carbonyl (C=O) groups is 1. The van der Waals surface area contributed by atoms with Crippen LogP contribution in [0, 0.1) is 17.1 Å². The number of nitriles is 1. The summed E-state index contributed by atoms with van der Waals surface area (Å²) in [5.74, 6) is -0.586. The minimum atomic E-state index is -3.54. The van der Waals surface area contributed by atoms with Crippen molar-refractivity contribution in [3.05, 3.63) is 53.8 Å². The molecule has 0 spiro atoms. The third-order valence-electron chi connectivity index (χ3n) is 6.27. The molecule has 0 saturated carbocycles. The lowest BCUT2D eigenvalue weighted by Gasteiger charge is -2.36. The molecule has 2 aliphatic heterocycles. The number of anilines is 2. The van der Waals surface area contributed by atoms with Gasteiger partial charge in [-0.1, -0.05) is 6.07 Å². The molecule has 0 aliphatic carbocycles. The molecule has 10 heteroatoms. The Morgan fingerprint density at radius 2 is 1.76 bits per heavy atom. The molecular formula is C24H28FN5O3S. The Bertz CT molecular complexity index is 1180. The predicted octanol–water partition coefficient (Wildman–Crippen LogP) is 2.63. The van der Waals surface area contributed by atoms with E-state index < -0.39 is 15.8 Å². The number of hydrogen-bond donors (Lipinski definition) is 1. The van der Waals surface area contributed by atoms with Crippen LogP contribution in [0.3, 0.4) is 0 Å². The number of rotatable bonds is 7. The van der Waals surface area contributed by atoms with E-state index in [2.05, 4.69) is 10.2 Å². The van der Waals surface area contributed by atoms with Gasteiger partial charge in [-0.05, 0) is 49.2 Å². The molecule has 0 aromatic heterocycles. The lowest BCUT2D eigenvalue weighted by Crippen LogP contribution is -2.47. The standard InChI is InChI=1S/C24H28FN5O3S/c25-22-16-19(18-26)6-7-23(22)29-14-12-28(13-15-29)11-8-24(31)27-20-4-3-5-21(17-20)34(32,33)30-9-1-2-10-30/h3-7,16-17H,1-2,8-15H2,(H,27,31). The highest BCUT2D eigenvalue weighted by Gasteiger charge is 2.27. The molecule has 2 aromatic rings. The van der Waals surface area contributed by atoms with Crippen molar-refractivity contribution >= 4 is 27.3 Å². The Balaban J connectivity index is 1.26. The molecule has 8 nitrogen and oxygen atoms in total. The predicted molar refractivity (Wildman–Crippen MR) is 127 cm³/mol. The molecular weight excluding hydrogens is 457 g/mol. The van der Waals surface area contributed by atoms with Crippen molar-refractivity contribution in [3.63, 3.8) is 0 Å². The van der Waals surface area contributed by atoms with Gasteiger partial charge >= 0.3 is 0 Å². The summed E-state index contributed by atoms with van der Waals surface area (Å²) >= 11 is 0. The zero-order valence-electron chi connectivity index (χ0n) is 18.9. The molecule has 1 N–H and O–H groups in total. The first-order valence-electron chi connectivity index (χ1n) is 11.4. The number of amides is 1. The van der Waals surface area contributed by atoms with E-state index in [1.54, 1.807) is 30.3 Å². The molecule has 0 radical (unpaired) electrons. The molecule has 34 heavy (non-hydrogen) atoms. The summed E-state index contributed by atoms with van der Waals surface area (Å²) in [5, 5.41) is 11.7. The lowest BCUT2D eigenvalue weighted by atomic mass is 10.1. The fourth-order valence-corrected chi connectivity index (χ4v) is 5.90. The largest absolute Gasteiger partial charge is 0.367 e. The van der Waals surface area contributed by atoms with Crippen LogP contribution in [0.2, 0.25) is 0 Å². The molecule has 1 amide bonds. The average Bonchev–Trinajstić information content (AvgIpc) is 3.39. The first-order valence-corrected chi connectivity index (χ1v) is 12.9. The summed E-state index contributed by atoms with van der Waals surface area (Å²) < 4.78 is 41.3. The average molecular weight is 486 g/mol. The van der Waals surface area contributed by atoms with Gasteiger partial charge in [0.1, 0.15) is 5.82 Å². The van der Waals surface area contributed by atoms with Crippen molar-refractivity contribution in [1.29, 1.82) is 5.26 Å². The molecule has 4 rings (SSSR count). The molecule has 2 heterocycles. The zero-order chi connectivity index (χ0) is 24.1. The van der Waals surface area contributed by atoms with Crippen molar-refractivity contribution in [2.45, 2.75) is 24.2 Å². The maximum Gasteiger partial charge on any atom is 0.243 e. The van der Waals surface area contributed by atoms with Crippen LogP contribution >= 0.6 is 0 Å². The molecule has 2 aromatic carbocycles. The van der Waals surface area contributed by atoms with E-state index in [1.807, 2.05) is 11.0 Å². The van der Waals surface area contributed by atoms with Crippen LogP contribution in [-0.2, 0) is 14.8 Å². The number of halogens is 1. The first-order chi connectivity index (χ1) is 16.4. The molecule has 2 saturated heterocycles. The number of benzene rings is 2. The highest BCUT2D eigenvalue weighted by Crippen LogP contribution is 2.24. The van der Waals surface area contributed by atoms with Gasteiger partial charge in [-0.2, -0.15) is 9.57 Å². The monoisotopic (exact) mass is 485 g/mol. The van der Waals surface area contributed by atoms with Crippen LogP contribution in [0.15, 0.2) is 47.4 Å². The van der Waals surface area contributed by atoms with Gasteiger partial charge in [0, 0.05) is 57.9 Å². The van der Waals surface area contributed by atoms with Crippen LogP contribution in [0.25, 0.3) is 0 Å². The van der Waals surface area contributed by atoms with Crippen LogP contribution < -0.4 is 10.2 Å². The van der Waals surface area contributed by atoms with Crippen LogP contribution in [-0.4, -0.2) is 69.3 Å². The summed E-state index contributed by atoms with van der Waals surface area (Å²) in [6, 6.07) is 12.8. The fraction of sp³-hybridized carbons (Fsp3) is 0.417. The Morgan fingerprint density at radius 1 is 1.03 bits per heavy atom. The smallest absolute Gasteiger partial charge is 0.243 e. The summed E-state index contributed by atoms with van der Waals surface area (Å²) in [5.41, 5.74) is 1.25. The van der Waals surface area contributed by atoms with Gasteiger partial charge in [0.2, 0.25) is 15.9 Å². The number of nitrogens with zero attached hydrogens (tertiary/aromatic N) is 4. The van der Waals surface area contributed by atoms with Gasteiger partial charge in [0.25, 0.3) is 0 Å². The molecule has 180 valence electrons. The van der Waals surface area contributed by atoms with E-state index in [4.69, 9.17) is 5.26 Å². The van der Waals surface area contributed by atoms with Crippen LogP contribution in [0.4, 0.5) is 15.8 Å². The normalized spacial score (nSPS) is 17.5. The van der Waals surface area contributed by atoms with Crippen molar-refractivity contribution in [1.82, 2.24) is 9.21 Å². The number of nitrogens with one attached hydrogen (secondary N) is 1. The second-order valence-electron chi connectivity index (χ2n) is 8.54. The van der Waals surface area contributed by atoms with Crippen LogP contribution in [0.5, 0.6) is 0 Å². The Morgan fingerprint density at radius 3 is 2.44 bits per heavy atom. The van der Waals surface area contributed by atoms with Gasteiger partial charge < -0.3 is 10.2 Å². The van der Waals surface area contributed by atoms with E-state index in [0.717, 1.165) is 12.8 Å². The van der Waals surface area contributed by atoms with Crippen molar-refractivity contribution < 1.29 is 17.6 Å². The third-order valence-corrected chi connectivity index (χ3v) is 8.16. The molecule has 0 atom stereocenters. The summed E-state index contributed by atoms with van der Waals surface area (Å²) in [7, 11) is -3.54. The quantitative estimate of drug-likeness (QED) is 0.648. The number of sulfonamides is 1. The first kappa shape index (κ1) is 24.1. The Kier molecular flexibility index (Phi) is 7.46. The van der Waals surface area contributed by atoms with E-state index in [1.165, 1.54) is 16.4 Å². The van der Waals surface area contributed by atoms with Crippen molar-refractivity contribution in [2.24, 2.45) is 0 Å². The van der Waals surface area contributed by atoms with Gasteiger partial charge in [0.15, 0.2) is 0 Å². The minimum Gasteiger partial charge on any atom is -0.367 e. The highest BCUT2D eigenvalue weighted by molar-refractivity contribution is 7.89. The molecule has 0 unspecified atom stereocenters. The highest BCUT2D eigenvalue weighted by atomic mass is 32.2. The summed E-state index contributed by atoms with van der Waals surface area (Å²) in [4.78, 5) is 16.8. The van der Waals surface area contributed by atoms with Gasteiger partial charge in [-0.3, -0.25) is 9.69 Å². The van der Waals surface area contributed by atoms with E-state index >= 15 is 0 Å². The maximum absolute atomic E-state index is 14.3.